The van der Waals surface area contributed by atoms with Gasteiger partial charge in [-0.1, -0.05) is 29.8 Å². The smallest absolute Gasteiger partial charge is 0.227 e. The van der Waals surface area contributed by atoms with Crippen molar-refractivity contribution < 1.29 is 4.79 Å². The van der Waals surface area contributed by atoms with E-state index in [0.717, 1.165) is 46.6 Å². The summed E-state index contributed by atoms with van der Waals surface area (Å²) in [5, 5.41) is 11.2. The third-order valence-corrected chi connectivity index (χ3v) is 6.31. The van der Waals surface area contributed by atoms with Gasteiger partial charge in [0, 0.05) is 37.3 Å². The molecule has 1 aliphatic heterocycles. The number of amides is 1. The number of nitrogens with one attached hydrogen (secondary N) is 3. The van der Waals surface area contributed by atoms with Gasteiger partial charge in [0.05, 0.1) is 23.1 Å². The van der Waals surface area contributed by atoms with Crippen LogP contribution < -0.4 is 5.32 Å². The van der Waals surface area contributed by atoms with Crippen LogP contribution in [0.1, 0.15) is 36.1 Å². The maximum atomic E-state index is 13.0. The Labute approximate surface area is 187 Å². The first-order valence-corrected chi connectivity index (χ1v) is 11.2. The molecule has 3 heterocycles. The van der Waals surface area contributed by atoms with Gasteiger partial charge in [-0.25, -0.2) is 4.98 Å². The lowest BCUT2D eigenvalue weighted by atomic mass is 10.0. The van der Waals surface area contributed by atoms with Gasteiger partial charge in [0.2, 0.25) is 5.91 Å². The molecule has 3 N–H and O–H groups in total. The Morgan fingerprint density at radius 1 is 1.06 bits per heavy atom. The van der Waals surface area contributed by atoms with E-state index < -0.39 is 0 Å². The minimum Gasteiger partial charge on any atom is -0.343 e. The van der Waals surface area contributed by atoms with Gasteiger partial charge in [-0.2, -0.15) is 5.10 Å². The van der Waals surface area contributed by atoms with Crippen LogP contribution in [0, 0.1) is 6.92 Å². The molecule has 2 aromatic heterocycles. The Morgan fingerprint density at radius 3 is 2.50 bits per heavy atom. The van der Waals surface area contributed by atoms with Gasteiger partial charge in [0.1, 0.15) is 5.69 Å². The van der Waals surface area contributed by atoms with Crippen LogP contribution in [0.3, 0.4) is 0 Å². The molecule has 5 rings (SSSR count). The predicted octanol–water partition coefficient (Wildman–Crippen LogP) is 3.94. The van der Waals surface area contributed by atoms with Crippen LogP contribution >= 0.6 is 0 Å². The van der Waals surface area contributed by atoms with E-state index in [1.165, 1.54) is 16.7 Å². The number of fused-ring (bicyclic) bond motifs is 2. The number of carbonyl (C=O) groups is 1. The number of aromatic amines is 2. The molecule has 0 spiro atoms. The van der Waals surface area contributed by atoms with Crippen molar-refractivity contribution in [3.8, 4) is 22.8 Å². The van der Waals surface area contributed by atoms with Crippen LogP contribution in [0.2, 0.25) is 0 Å². The molecule has 0 radical (unpaired) electrons. The highest BCUT2D eigenvalue weighted by Gasteiger charge is 2.23. The van der Waals surface area contributed by atoms with Crippen LogP contribution in [0.25, 0.3) is 33.8 Å². The highest BCUT2D eigenvalue weighted by molar-refractivity contribution is 5.86. The van der Waals surface area contributed by atoms with Crippen molar-refractivity contribution in [2.75, 3.05) is 13.1 Å². The molecule has 164 valence electrons. The zero-order valence-electron chi connectivity index (χ0n) is 18.7. The molecule has 4 aromatic rings. The van der Waals surface area contributed by atoms with Gasteiger partial charge in [0.15, 0.2) is 5.82 Å². The van der Waals surface area contributed by atoms with Crippen molar-refractivity contribution in [2.45, 2.75) is 40.3 Å². The molecule has 0 saturated heterocycles. The number of hydrogen-bond donors (Lipinski definition) is 3. The van der Waals surface area contributed by atoms with E-state index in [1.807, 2.05) is 18.7 Å². The fourth-order valence-corrected chi connectivity index (χ4v) is 4.45. The third kappa shape index (κ3) is 3.58. The molecule has 0 unspecified atom stereocenters. The first-order chi connectivity index (χ1) is 15.6. The quantitative estimate of drug-likeness (QED) is 0.434. The molecule has 0 atom stereocenters. The molecular weight excluding hydrogens is 400 g/mol. The van der Waals surface area contributed by atoms with E-state index in [1.54, 1.807) is 0 Å². The van der Waals surface area contributed by atoms with E-state index in [2.05, 4.69) is 63.8 Å². The lowest BCUT2D eigenvalue weighted by Gasteiger charge is -2.18. The minimum absolute atomic E-state index is 0.0900. The molecule has 32 heavy (non-hydrogen) atoms. The minimum atomic E-state index is 0.0900. The van der Waals surface area contributed by atoms with Gasteiger partial charge in [0.25, 0.3) is 0 Å². The number of rotatable bonds is 6. The Balaban J connectivity index is 1.60. The summed E-state index contributed by atoms with van der Waals surface area (Å²) in [4.78, 5) is 23.2. The summed E-state index contributed by atoms with van der Waals surface area (Å²) >= 11 is 0. The third-order valence-electron chi connectivity index (χ3n) is 6.31. The van der Waals surface area contributed by atoms with Crippen LogP contribution in [-0.2, 0) is 24.3 Å². The summed E-state index contributed by atoms with van der Waals surface area (Å²) in [6, 6.07) is 12.5. The number of H-pyrrole nitrogens is 2. The Kier molecular flexibility index (Phi) is 5.27. The Hall–Kier alpha value is -3.45. The molecule has 1 amide bonds. The molecule has 2 aromatic carbocycles. The van der Waals surface area contributed by atoms with Crippen LogP contribution in [0.15, 0.2) is 36.4 Å². The van der Waals surface area contributed by atoms with Gasteiger partial charge in [-0.3, -0.25) is 9.89 Å². The number of benzene rings is 2. The average molecular weight is 429 g/mol. The second-order valence-electron chi connectivity index (χ2n) is 8.36. The number of nitrogens with zero attached hydrogens (tertiary/aromatic N) is 3. The van der Waals surface area contributed by atoms with E-state index in [4.69, 9.17) is 4.98 Å². The van der Waals surface area contributed by atoms with E-state index in [-0.39, 0.29) is 12.3 Å². The Bertz CT molecular complexity index is 1240. The van der Waals surface area contributed by atoms with Crippen molar-refractivity contribution in [2.24, 2.45) is 0 Å². The SMILES string of the molecule is CCN(CC)C(=O)Cc1c(-c2ccc(C)cc2)n[nH]c1-c1nc2cc3c(cc2[nH]1)CNC3. The monoisotopic (exact) mass is 428 g/mol. The first kappa shape index (κ1) is 20.5. The average Bonchev–Trinajstić information content (AvgIpc) is 3.51. The van der Waals surface area contributed by atoms with Crippen LogP contribution in [0.5, 0.6) is 0 Å². The summed E-state index contributed by atoms with van der Waals surface area (Å²) in [5.41, 5.74) is 9.13. The summed E-state index contributed by atoms with van der Waals surface area (Å²) in [5.74, 6) is 0.803. The molecular formula is C25H28N6O. The van der Waals surface area contributed by atoms with Crippen LogP contribution in [-0.4, -0.2) is 44.1 Å². The van der Waals surface area contributed by atoms with Gasteiger partial charge < -0.3 is 15.2 Å². The lowest BCUT2D eigenvalue weighted by molar-refractivity contribution is -0.130. The maximum absolute atomic E-state index is 13.0. The van der Waals surface area contributed by atoms with Crippen molar-refractivity contribution in [1.29, 1.82) is 0 Å². The van der Waals surface area contributed by atoms with E-state index >= 15 is 0 Å². The first-order valence-electron chi connectivity index (χ1n) is 11.2. The number of likely N-dealkylation sites (N-methyl/N-ethyl adjacent to an activating group) is 1. The number of hydrogen-bond acceptors (Lipinski definition) is 4. The molecule has 0 saturated carbocycles. The number of aromatic nitrogens is 4. The molecule has 7 nitrogen and oxygen atoms in total. The molecule has 0 fully saturated rings. The molecule has 0 aliphatic carbocycles. The molecule has 1 aliphatic rings. The fourth-order valence-electron chi connectivity index (χ4n) is 4.45. The van der Waals surface area contributed by atoms with Crippen molar-refractivity contribution >= 4 is 16.9 Å². The van der Waals surface area contributed by atoms with E-state index in [9.17, 15) is 4.79 Å². The number of imidazole rings is 1. The summed E-state index contributed by atoms with van der Waals surface area (Å²) in [6.07, 6.45) is 0.272. The van der Waals surface area contributed by atoms with Gasteiger partial charge >= 0.3 is 0 Å². The largest absolute Gasteiger partial charge is 0.343 e. The van der Waals surface area contributed by atoms with Crippen molar-refractivity contribution in [3.63, 3.8) is 0 Å². The standard InChI is InChI=1S/C25H28N6O/c1-4-31(5-2)22(32)12-19-23(16-8-6-15(3)7-9-16)29-30-24(19)25-27-20-10-17-13-26-14-18(17)11-21(20)28-25/h6-11,26H,4-5,12-14H2,1-3H3,(H,27,28)(H,29,30). The van der Waals surface area contributed by atoms with Crippen molar-refractivity contribution in [3.05, 3.63) is 58.7 Å². The number of aryl methyl sites for hydroxylation is 1. The normalized spacial score (nSPS) is 13.0. The topological polar surface area (TPSA) is 89.7 Å². The summed E-state index contributed by atoms with van der Waals surface area (Å²) in [6.45, 7) is 9.20. The fraction of sp³-hybridized carbons (Fsp3) is 0.320. The predicted molar refractivity (Wildman–Crippen MR) is 126 cm³/mol. The zero-order valence-corrected chi connectivity index (χ0v) is 18.7. The molecule has 7 heteroatoms. The highest BCUT2D eigenvalue weighted by atomic mass is 16.2. The highest BCUT2D eigenvalue weighted by Crippen LogP contribution is 2.32. The summed E-state index contributed by atoms with van der Waals surface area (Å²) in [7, 11) is 0. The number of carbonyl (C=O) groups excluding carboxylic acids is 1. The second-order valence-corrected chi connectivity index (χ2v) is 8.36. The van der Waals surface area contributed by atoms with Crippen molar-refractivity contribution in [1.82, 2.24) is 30.4 Å². The second kappa shape index (κ2) is 8.24. The molecule has 0 bridgehead atoms. The summed E-state index contributed by atoms with van der Waals surface area (Å²) < 4.78 is 0. The zero-order chi connectivity index (χ0) is 22.2. The van der Waals surface area contributed by atoms with Gasteiger partial charge in [-0.15, -0.1) is 0 Å². The lowest BCUT2D eigenvalue weighted by Crippen LogP contribution is -2.31. The Morgan fingerprint density at radius 2 is 1.78 bits per heavy atom. The maximum Gasteiger partial charge on any atom is 0.227 e. The van der Waals surface area contributed by atoms with Gasteiger partial charge in [-0.05, 0) is 44.0 Å². The van der Waals surface area contributed by atoms with Crippen LogP contribution in [0.4, 0.5) is 0 Å². The van der Waals surface area contributed by atoms with E-state index in [0.29, 0.717) is 18.9 Å².